The van der Waals surface area contributed by atoms with Crippen molar-refractivity contribution in [2.75, 3.05) is 12.4 Å². The summed E-state index contributed by atoms with van der Waals surface area (Å²) < 4.78 is 7.43. The number of hydrogen-bond donors (Lipinski definition) is 0. The van der Waals surface area contributed by atoms with E-state index in [2.05, 4.69) is 21.3 Å². The summed E-state index contributed by atoms with van der Waals surface area (Å²) in [7, 11) is 0. The lowest BCUT2D eigenvalue weighted by molar-refractivity contribution is 0.340. The van der Waals surface area contributed by atoms with E-state index in [1.165, 1.54) is 11.8 Å². The fourth-order valence-corrected chi connectivity index (χ4v) is 2.85. The van der Waals surface area contributed by atoms with Gasteiger partial charge in [-0.1, -0.05) is 11.8 Å². The van der Waals surface area contributed by atoms with E-state index < -0.39 is 0 Å². The van der Waals surface area contributed by atoms with Crippen LogP contribution in [0.25, 0.3) is 17.1 Å². The monoisotopic (exact) mass is 337 g/mol. The summed E-state index contributed by atoms with van der Waals surface area (Å²) in [6.45, 7) is 2.57. The molecule has 0 unspecified atom stereocenters. The third-order valence-corrected chi connectivity index (χ3v) is 4.04. The summed E-state index contributed by atoms with van der Waals surface area (Å²) in [4.78, 5) is 4.04. The van der Waals surface area contributed by atoms with Gasteiger partial charge in [0.25, 0.3) is 0 Å². The number of nitriles is 1. The van der Waals surface area contributed by atoms with Crippen LogP contribution in [-0.2, 0) is 0 Å². The molecule has 0 saturated carbocycles. The summed E-state index contributed by atoms with van der Waals surface area (Å²) >= 11 is 1.35. The number of nitrogens with zero attached hydrogens (tertiary/aromatic N) is 5. The number of hydrogen-bond acceptors (Lipinski definition) is 6. The van der Waals surface area contributed by atoms with E-state index >= 15 is 0 Å². The lowest BCUT2D eigenvalue weighted by Gasteiger charge is -2.10. The first-order chi connectivity index (χ1) is 11.8. The van der Waals surface area contributed by atoms with Gasteiger partial charge >= 0.3 is 0 Å². The molecular weight excluding hydrogens is 322 g/mol. The molecule has 0 aliphatic heterocycles. The van der Waals surface area contributed by atoms with Gasteiger partial charge in [0.1, 0.15) is 5.75 Å². The minimum Gasteiger partial charge on any atom is -0.494 e. The van der Waals surface area contributed by atoms with Gasteiger partial charge in [0.2, 0.25) is 0 Å². The second-order valence-electron chi connectivity index (χ2n) is 4.75. The van der Waals surface area contributed by atoms with Crippen LogP contribution in [0, 0.1) is 11.3 Å². The molecular formula is C17H15N5OS. The van der Waals surface area contributed by atoms with Crippen molar-refractivity contribution in [3.05, 3.63) is 48.8 Å². The van der Waals surface area contributed by atoms with Crippen molar-refractivity contribution < 1.29 is 4.74 Å². The maximum absolute atomic E-state index is 8.86. The summed E-state index contributed by atoms with van der Waals surface area (Å²) in [5.41, 5.74) is 1.82. The molecule has 0 amide bonds. The van der Waals surface area contributed by atoms with Crippen LogP contribution in [0.4, 0.5) is 0 Å². The van der Waals surface area contributed by atoms with Gasteiger partial charge in [-0.25, -0.2) is 0 Å². The largest absolute Gasteiger partial charge is 0.494 e. The van der Waals surface area contributed by atoms with Crippen molar-refractivity contribution in [2.45, 2.75) is 12.1 Å². The van der Waals surface area contributed by atoms with E-state index in [4.69, 9.17) is 10.00 Å². The van der Waals surface area contributed by atoms with Gasteiger partial charge < -0.3 is 4.74 Å². The normalized spacial score (nSPS) is 10.3. The van der Waals surface area contributed by atoms with Crippen LogP contribution in [0.15, 0.2) is 53.9 Å². The molecule has 2 heterocycles. The molecule has 2 aromatic heterocycles. The fraction of sp³-hybridized carbons (Fsp3) is 0.176. The molecule has 3 aromatic rings. The molecule has 0 saturated heterocycles. The van der Waals surface area contributed by atoms with Crippen LogP contribution < -0.4 is 4.74 Å². The fourth-order valence-electron chi connectivity index (χ4n) is 2.24. The maximum Gasteiger partial charge on any atom is 0.197 e. The minimum atomic E-state index is 0.311. The Morgan fingerprint density at radius 2 is 1.88 bits per heavy atom. The highest BCUT2D eigenvalue weighted by Crippen LogP contribution is 2.28. The number of pyridine rings is 1. The first-order valence-electron chi connectivity index (χ1n) is 7.42. The Balaban J connectivity index is 2.06. The molecule has 0 bridgehead atoms. The minimum absolute atomic E-state index is 0.311. The molecule has 0 spiro atoms. The molecule has 7 heteroatoms. The summed E-state index contributed by atoms with van der Waals surface area (Å²) in [6.07, 6.45) is 3.43. The molecule has 0 aliphatic rings. The lowest BCUT2D eigenvalue weighted by atomic mass is 10.2. The summed E-state index contributed by atoms with van der Waals surface area (Å²) in [5.74, 6) is 1.83. The van der Waals surface area contributed by atoms with E-state index in [-0.39, 0.29) is 0 Å². The molecule has 1 aromatic carbocycles. The molecule has 120 valence electrons. The van der Waals surface area contributed by atoms with Crippen molar-refractivity contribution in [3.63, 3.8) is 0 Å². The van der Waals surface area contributed by atoms with E-state index in [0.717, 1.165) is 17.0 Å². The first-order valence-corrected chi connectivity index (χ1v) is 8.41. The Kier molecular flexibility index (Phi) is 5.08. The predicted molar refractivity (Wildman–Crippen MR) is 92.1 cm³/mol. The van der Waals surface area contributed by atoms with Gasteiger partial charge in [-0.15, -0.1) is 10.2 Å². The zero-order valence-corrected chi connectivity index (χ0v) is 13.9. The van der Waals surface area contributed by atoms with E-state index in [1.807, 2.05) is 47.9 Å². The van der Waals surface area contributed by atoms with Gasteiger partial charge in [-0.2, -0.15) is 5.26 Å². The number of aromatic nitrogens is 4. The topological polar surface area (TPSA) is 76.6 Å². The number of benzene rings is 1. The third kappa shape index (κ3) is 3.39. The standard InChI is InChI=1S/C17H15N5OS/c1-2-23-15-5-3-14(4-6-15)22-16(13-7-10-19-11-8-13)20-21-17(22)24-12-9-18/h3-8,10-11H,2,12H2,1H3. The second-order valence-corrected chi connectivity index (χ2v) is 5.69. The predicted octanol–water partition coefficient (Wildman–Crippen LogP) is 3.34. The van der Waals surface area contributed by atoms with Crippen LogP contribution in [-0.4, -0.2) is 32.1 Å². The molecule has 0 atom stereocenters. The lowest BCUT2D eigenvalue weighted by Crippen LogP contribution is -2.00. The zero-order chi connectivity index (χ0) is 16.8. The van der Waals surface area contributed by atoms with Crippen LogP contribution in [0.2, 0.25) is 0 Å². The smallest absolute Gasteiger partial charge is 0.197 e. The molecule has 0 N–H and O–H groups in total. The molecule has 0 fully saturated rings. The van der Waals surface area contributed by atoms with E-state index in [1.54, 1.807) is 12.4 Å². The highest BCUT2D eigenvalue weighted by molar-refractivity contribution is 7.99. The van der Waals surface area contributed by atoms with Crippen molar-refractivity contribution in [1.82, 2.24) is 19.7 Å². The third-order valence-electron chi connectivity index (χ3n) is 3.24. The summed E-state index contributed by atoms with van der Waals surface area (Å²) in [6, 6.07) is 13.6. The molecule has 0 radical (unpaired) electrons. The van der Waals surface area contributed by atoms with Gasteiger partial charge in [0, 0.05) is 23.6 Å². The molecule has 24 heavy (non-hydrogen) atoms. The van der Waals surface area contributed by atoms with E-state index in [9.17, 15) is 0 Å². The van der Waals surface area contributed by atoms with Crippen molar-refractivity contribution in [2.24, 2.45) is 0 Å². The average Bonchev–Trinajstić information content (AvgIpc) is 3.05. The number of thioether (sulfide) groups is 1. The van der Waals surface area contributed by atoms with Crippen molar-refractivity contribution in [1.29, 1.82) is 5.26 Å². The van der Waals surface area contributed by atoms with Crippen LogP contribution in [0.5, 0.6) is 5.75 Å². The van der Waals surface area contributed by atoms with E-state index in [0.29, 0.717) is 23.3 Å². The zero-order valence-electron chi connectivity index (χ0n) is 13.1. The van der Waals surface area contributed by atoms with Gasteiger partial charge in [-0.3, -0.25) is 9.55 Å². The number of rotatable bonds is 6. The SMILES string of the molecule is CCOc1ccc(-n2c(SCC#N)nnc2-c2ccncc2)cc1. The summed E-state index contributed by atoms with van der Waals surface area (Å²) in [5, 5.41) is 18.1. The Morgan fingerprint density at radius 1 is 1.12 bits per heavy atom. The highest BCUT2D eigenvalue weighted by atomic mass is 32.2. The molecule has 0 aliphatic carbocycles. The Morgan fingerprint density at radius 3 is 2.54 bits per heavy atom. The van der Waals surface area contributed by atoms with Crippen molar-refractivity contribution >= 4 is 11.8 Å². The molecule has 3 rings (SSSR count). The molecule has 6 nitrogen and oxygen atoms in total. The van der Waals surface area contributed by atoms with Gasteiger partial charge in [-0.05, 0) is 43.3 Å². The Bertz CT molecular complexity index is 840. The second kappa shape index (κ2) is 7.62. The highest BCUT2D eigenvalue weighted by Gasteiger charge is 2.16. The van der Waals surface area contributed by atoms with Crippen LogP contribution in [0.3, 0.4) is 0 Å². The van der Waals surface area contributed by atoms with Crippen LogP contribution >= 0.6 is 11.8 Å². The average molecular weight is 337 g/mol. The quantitative estimate of drug-likeness (QED) is 0.642. The Hall–Kier alpha value is -2.85. The van der Waals surface area contributed by atoms with Crippen LogP contribution in [0.1, 0.15) is 6.92 Å². The Labute approximate surface area is 144 Å². The maximum atomic E-state index is 8.86. The van der Waals surface area contributed by atoms with Crippen molar-refractivity contribution in [3.8, 4) is 28.9 Å². The van der Waals surface area contributed by atoms with Gasteiger partial charge in [0.15, 0.2) is 11.0 Å². The first kappa shape index (κ1) is 16.0. The number of ether oxygens (including phenoxy) is 1. The van der Waals surface area contributed by atoms with Gasteiger partial charge in [0.05, 0.1) is 18.4 Å².